The number of hydrogen-bond acceptors (Lipinski definition) is 5. The molecule has 1 heterocycles. The molecule has 3 N–H and O–H groups in total. The molecule has 0 saturated heterocycles. The molecular formula is C22H22Br2F2N2O4. The fraction of sp³-hybridized carbons (Fsp3) is 0.273. The van der Waals surface area contributed by atoms with Crippen molar-refractivity contribution < 1.29 is 27.8 Å². The minimum Gasteiger partial charge on any atom is -0.466 e. The van der Waals surface area contributed by atoms with Gasteiger partial charge in [0.2, 0.25) is 0 Å². The van der Waals surface area contributed by atoms with E-state index >= 15 is 0 Å². The second-order valence-corrected chi connectivity index (χ2v) is 8.16. The van der Waals surface area contributed by atoms with Crippen molar-refractivity contribution in [1.82, 2.24) is 4.98 Å². The molecule has 6 nitrogen and oxygen atoms in total. The van der Waals surface area contributed by atoms with Crippen molar-refractivity contribution in [3.8, 4) is 0 Å². The van der Waals surface area contributed by atoms with E-state index in [9.17, 15) is 18.4 Å². The van der Waals surface area contributed by atoms with E-state index in [4.69, 9.17) is 15.2 Å². The Morgan fingerprint density at radius 2 is 1.69 bits per heavy atom. The number of fused-ring (bicyclic) bond motifs is 1. The number of anilines is 1. The van der Waals surface area contributed by atoms with Gasteiger partial charge in [0.05, 0.1) is 18.7 Å². The van der Waals surface area contributed by atoms with Gasteiger partial charge in [-0.2, -0.15) is 0 Å². The predicted molar refractivity (Wildman–Crippen MR) is 125 cm³/mol. The standard InChI is InChI=1S/C16H17BrFNO4.C6H5BrFN/c1-3-22-12(20)8-5-9-13-11(18)7-6-10(17)15(13)19-14(9)16(21)23-4-2;7-5-2-1-4(8)3-6(5)9/h6-7,19H,3-5,8H2,1-2H3;1-3H,9H2. The van der Waals surface area contributed by atoms with Gasteiger partial charge >= 0.3 is 11.9 Å². The van der Waals surface area contributed by atoms with Crippen molar-refractivity contribution in [3.05, 3.63) is 62.2 Å². The number of halogens is 4. The molecule has 0 aliphatic heterocycles. The Morgan fingerprint density at radius 1 is 1.03 bits per heavy atom. The van der Waals surface area contributed by atoms with Crippen LogP contribution in [0, 0.1) is 11.6 Å². The molecule has 0 aliphatic rings. The third-order valence-electron chi connectivity index (χ3n) is 4.28. The summed E-state index contributed by atoms with van der Waals surface area (Å²) in [5.74, 6) is -1.74. The number of ether oxygens (including phenoxy) is 2. The molecule has 0 spiro atoms. The summed E-state index contributed by atoms with van der Waals surface area (Å²) in [5, 5.41) is 0.284. The number of hydrogen-bond donors (Lipinski definition) is 2. The molecule has 1 aromatic heterocycles. The number of benzene rings is 2. The van der Waals surface area contributed by atoms with Crippen molar-refractivity contribution in [2.75, 3.05) is 18.9 Å². The van der Waals surface area contributed by atoms with Crippen LogP contribution < -0.4 is 5.73 Å². The number of rotatable bonds is 6. The number of nitrogen functional groups attached to an aromatic ring is 1. The van der Waals surface area contributed by atoms with Crippen LogP contribution in [0.4, 0.5) is 14.5 Å². The molecule has 172 valence electrons. The number of aromatic amines is 1. The Hall–Kier alpha value is -2.46. The summed E-state index contributed by atoms with van der Waals surface area (Å²) in [6, 6.07) is 7.05. The Balaban J connectivity index is 0.000000336. The Bertz CT molecular complexity index is 1120. The zero-order chi connectivity index (χ0) is 23.8. The lowest BCUT2D eigenvalue weighted by atomic mass is 10.0. The van der Waals surface area contributed by atoms with Crippen LogP contribution in [0.3, 0.4) is 0 Å². The molecule has 0 saturated carbocycles. The lowest BCUT2D eigenvalue weighted by Crippen LogP contribution is -2.10. The second kappa shape index (κ2) is 12.0. The minimum atomic E-state index is -0.575. The molecular weight excluding hydrogens is 554 g/mol. The van der Waals surface area contributed by atoms with Gasteiger partial charge in [0.1, 0.15) is 17.3 Å². The molecule has 0 aliphatic carbocycles. The summed E-state index contributed by atoms with van der Waals surface area (Å²) >= 11 is 6.47. The lowest BCUT2D eigenvalue weighted by molar-refractivity contribution is -0.143. The van der Waals surface area contributed by atoms with Crippen molar-refractivity contribution in [3.63, 3.8) is 0 Å². The molecule has 0 unspecified atom stereocenters. The van der Waals surface area contributed by atoms with Crippen LogP contribution in [0.15, 0.2) is 39.3 Å². The van der Waals surface area contributed by atoms with Gasteiger partial charge in [-0.25, -0.2) is 13.6 Å². The SMILES string of the molecule is CCOC(=O)CCc1c(C(=O)OCC)[nH]c2c(Br)ccc(F)c12.Nc1cc(F)ccc1Br. The molecule has 32 heavy (non-hydrogen) atoms. The first-order valence-electron chi connectivity index (χ1n) is 9.71. The molecule has 0 atom stereocenters. The van der Waals surface area contributed by atoms with Crippen molar-refractivity contribution in [2.24, 2.45) is 0 Å². The fourth-order valence-electron chi connectivity index (χ4n) is 2.90. The normalized spacial score (nSPS) is 10.4. The van der Waals surface area contributed by atoms with Crippen molar-refractivity contribution >= 4 is 60.4 Å². The number of nitrogens with two attached hydrogens (primary N) is 1. The van der Waals surface area contributed by atoms with E-state index < -0.39 is 17.8 Å². The average Bonchev–Trinajstić information content (AvgIpc) is 3.14. The zero-order valence-electron chi connectivity index (χ0n) is 17.4. The van der Waals surface area contributed by atoms with Gasteiger partial charge in [0.15, 0.2) is 0 Å². The smallest absolute Gasteiger partial charge is 0.355 e. The zero-order valence-corrected chi connectivity index (χ0v) is 20.6. The summed E-state index contributed by atoms with van der Waals surface area (Å²) < 4.78 is 37.7. The Kier molecular flexibility index (Phi) is 9.64. The fourth-order valence-corrected chi connectivity index (χ4v) is 3.57. The second-order valence-electron chi connectivity index (χ2n) is 6.45. The monoisotopic (exact) mass is 574 g/mol. The number of H-pyrrole nitrogens is 1. The van der Waals surface area contributed by atoms with Gasteiger partial charge in [0.25, 0.3) is 0 Å². The molecule has 3 rings (SSSR count). The summed E-state index contributed by atoms with van der Waals surface area (Å²) in [5.41, 5.74) is 6.81. The summed E-state index contributed by atoms with van der Waals surface area (Å²) in [4.78, 5) is 26.6. The van der Waals surface area contributed by atoms with Gasteiger partial charge in [-0.05, 0) is 88.0 Å². The van der Waals surface area contributed by atoms with Crippen LogP contribution in [0.25, 0.3) is 10.9 Å². The molecule has 0 fully saturated rings. The van der Waals surface area contributed by atoms with E-state index in [1.54, 1.807) is 26.0 Å². The number of nitrogens with one attached hydrogen (secondary N) is 1. The average molecular weight is 576 g/mol. The van der Waals surface area contributed by atoms with Gasteiger partial charge in [-0.15, -0.1) is 0 Å². The van der Waals surface area contributed by atoms with E-state index in [1.807, 2.05) is 0 Å². The number of carbonyl (C=O) groups excluding carboxylic acids is 2. The molecule has 2 aromatic carbocycles. The number of aryl methyl sites for hydroxylation is 1. The van der Waals surface area contributed by atoms with Crippen LogP contribution >= 0.6 is 31.9 Å². The van der Waals surface area contributed by atoms with Crippen LogP contribution in [0.5, 0.6) is 0 Å². The lowest BCUT2D eigenvalue weighted by Gasteiger charge is -2.05. The maximum atomic E-state index is 14.3. The first-order valence-corrected chi connectivity index (χ1v) is 11.3. The highest BCUT2D eigenvalue weighted by Crippen LogP contribution is 2.32. The summed E-state index contributed by atoms with van der Waals surface area (Å²) in [7, 11) is 0. The van der Waals surface area contributed by atoms with E-state index in [0.29, 0.717) is 21.2 Å². The first kappa shape index (κ1) is 25.8. The van der Waals surface area contributed by atoms with Crippen molar-refractivity contribution in [2.45, 2.75) is 26.7 Å². The van der Waals surface area contributed by atoms with Crippen LogP contribution in [0.2, 0.25) is 0 Å². The Morgan fingerprint density at radius 3 is 2.28 bits per heavy atom. The third-order valence-corrected chi connectivity index (χ3v) is 5.66. The maximum absolute atomic E-state index is 14.3. The maximum Gasteiger partial charge on any atom is 0.355 e. The van der Waals surface area contributed by atoms with Gasteiger partial charge < -0.3 is 20.2 Å². The highest BCUT2D eigenvalue weighted by Gasteiger charge is 2.23. The third kappa shape index (κ3) is 6.52. The van der Waals surface area contributed by atoms with E-state index in [1.165, 1.54) is 18.2 Å². The summed E-state index contributed by atoms with van der Waals surface area (Å²) in [6.45, 7) is 3.88. The summed E-state index contributed by atoms with van der Waals surface area (Å²) in [6.07, 6.45) is 0.236. The van der Waals surface area contributed by atoms with E-state index in [2.05, 4.69) is 36.8 Å². The van der Waals surface area contributed by atoms with Crippen molar-refractivity contribution in [1.29, 1.82) is 0 Å². The van der Waals surface area contributed by atoms with Crippen LogP contribution in [-0.4, -0.2) is 30.1 Å². The highest BCUT2D eigenvalue weighted by atomic mass is 79.9. The number of carbonyl (C=O) groups is 2. The molecule has 3 aromatic rings. The van der Waals surface area contributed by atoms with Crippen LogP contribution in [-0.2, 0) is 20.7 Å². The molecule has 0 bridgehead atoms. The molecule has 0 radical (unpaired) electrons. The van der Waals surface area contributed by atoms with Gasteiger partial charge in [0, 0.05) is 26.4 Å². The number of esters is 2. The van der Waals surface area contributed by atoms with E-state index in [0.717, 1.165) is 4.47 Å². The number of aromatic nitrogens is 1. The quantitative estimate of drug-likeness (QED) is 0.281. The van der Waals surface area contributed by atoms with Crippen LogP contribution in [0.1, 0.15) is 36.3 Å². The van der Waals surface area contributed by atoms with Gasteiger partial charge in [-0.3, -0.25) is 4.79 Å². The molecule has 0 amide bonds. The largest absolute Gasteiger partial charge is 0.466 e. The highest BCUT2D eigenvalue weighted by molar-refractivity contribution is 9.11. The first-order chi connectivity index (χ1) is 15.2. The molecule has 10 heteroatoms. The topological polar surface area (TPSA) is 94.4 Å². The minimum absolute atomic E-state index is 0.0547. The predicted octanol–water partition coefficient (Wildman–Crippen LogP) is 5.91. The Labute approximate surface area is 200 Å². The van der Waals surface area contributed by atoms with E-state index in [-0.39, 0.29) is 43.0 Å². The van der Waals surface area contributed by atoms with Gasteiger partial charge in [-0.1, -0.05) is 0 Å².